The van der Waals surface area contributed by atoms with Gasteiger partial charge in [-0.3, -0.25) is 0 Å². The lowest BCUT2D eigenvalue weighted by atomic mass is 9.97. The molecule has 0 spiro atoms. The molecule has 0 saturated heterocycles. The zero-order valence-electron chi connectivity index (χ0n) is 8.22. The third kappa shape index (κ3) is 1.69. The Morgan fingerprint density at radius 1 is 1.33 bits per heavy atom. The molecule has 0 heterocycles. The monoisotopic (exact) mass is 180 g/mol. The van der Waals surface area contributed by atoms with E-state index < -0.39 is 0 Å². The van der Waals surface area contributed by atoms with Crippen LogP contribution in [0.2, 0.25) is 0 Å². The first-order valence-corrected chi connectivity index (χ1v) is 5.12. The topological polar surface area (TPSA) is 9.23 Å². The van der Waals surface area contributed by atoms with Gasteiger partial charge in [-0.15, -0.1) is 0 Å². The van der Waals surface area contributed by atoms with E-state index in [1.165, 1.54) is 11.1 Å². The van der Waals surface area contributed by atoms with Gasteiger partial charge in [-0.25, -0.2) is 0 Å². The zero-order valence-corrected chi connectivity index (χ0v) is 10.2. The summed E-state index contributed by atoms with van der Waals surface area (Å²) < 4.78 is 5.43. The van der Waals surface area contributed by atoms with E-state index in [1.54, 1.807) is 0 Å². The van der Waals surface area contributed by atoms with Gasteiger partial charge in [-0.2, -0.15) is 0 Å². The fourth-order valence-corrected chi connectivity index (χ4v) is 1.93. The lowest BCUT2D eigenvalue weighted by Crippen LogP contribution is -1.97. The van der Waals surface area contributed by atoms with Crippen molar-refractivity contribution in [2.45, 2.75) is 26.7 Å². The largest absolute Gasteiger partial charge is 0.553 e. The molecule has 0 aliphatic heterocycles. The number of rotatable bonds is 2. The highest BCUT2D eigenvalue weighted by atomic mass is 28.2. The molecular weight excluding hydrogens is 164 g/mol. The van der Waals surface area contributed by atoms with Crippen LogP contribution in [0.4, 0.5) is 0 Å². The van der Waals surface area contributed by atoms with Gasteiger partial charge >= 0.3 is 0 Å². The summed E-state index contributed by atoms with van der Waals surface area (Å²) in [5.74, 6) is 1.62. The molecular formula is C10H16OSi. The van der Waals surface area contributed by atoms with Crippen molar-refractivity contribution in [3.05, 3.63) is 29.3 Å². The van der Waals surface area contributed by atoms with Crippen molar-refractivity contribution in [2.75, 3.05) is 0 Å². The summed E-state index contributed by atoms with van der Waals surface area (Å²) in [6, 6.07) is 6.24. The van der Waals surface area contributed by atoms with Gasteiger partial charge in [0, 0.05) is 0 Å². The van der Waals surface area contributed by atoms with Crippen LogP contribution >= 0.6 is 0 Å². The summed E-state index contributed by atoms with van der Waals surface area (Å²) in [7, 11) is 0.769. The van der Waals surface area contributed by atoms with Crippen molar-refractivity contribution < 1.29 is 4.43 Å². The maximum atomic E-state index is 5.43. The van der Waals surface area contributed by atoms with E-state index in [-0.39, 0.29) is 0 Å². The Hall–Kier alpha value is -0.763. The highest BCUT2D eigenvalue weighted by molar-refractivity contribution is 6.00. The number of hydrogen-bond donors (Lipinski definition) is 0. The zero-order chi connectivity index (χ0) is 9.14. The van der Waals surface area contributed by atoms with Gasteiger partial charge in [-0.1, -0.05) is 26.0 Å². The van der Waals surface area contributed by atoms with Gasteiger partial charge in [-0.05, 0) is 30.0 Å². The smallest absolute Gasteiger partial charge is 0.204 e. The van der Waals surface area contributed by atoms with Crippen LogP contribution in [0, 0.1) is 6.92 Å². The minimum Gasteiger partial charge on any atom is -0.553 e. The molecule has 0 aliphatic rings. The third-order valence-corrected chi connectivity index (χ3v) is 2.52. The Kier molecular flexibility index (Phi) is 2.92. The Labute approximate surface area is 77.3 Å². The molecule has 2 heteroatoms. The maximum Gasteiger partial charge on any atom is 0.204 e. The lowest BCUT2D eigenvalue weighted by molar-refractivity contribution is 0.596. The molecule has 1 aromatic rings. The van der Waals surface area contributed by atoms with Crippen molar-refractivity contribution in [1.29, 1.82) is 0 Å². The fourth-order valence-electron chi connectivity index (χ4n) is 1.57. The van der Waals surface area contributed by atoms with Crippen LogP contribution in [0.1, 0.15) is 30.9 Å². The van der Waals surface area contributed by atoms with Gasteiger partial charge in [0.2, 0.25) is 10.5 Å². The molecule has 0 saturated carbocycles. The second kappa shape index (κ2) is 3.76. The van der Waals surface area contributed by atoms with E-state index >= 15 is 0 Å². The maximum absolute atomic E-state index is 5.43. The number of benzene rings is 1. The van der Waals surface area contributed by atoms with Gasteiger partial charge in [0.05, 0.1) is 0 Å². The summed E-state index contributed by atoms with van der Waals surface area (Å²) in [6.45, 7) is 6.54. The highest BCUT2D eigenvalue weighted by Gasteiger charge is 2.08. The average molecular weight is 180 g/mol. The van der Waals surface area contributed by atoms with Crippen molar-refractivity contribution in [2.24, 2.45) is 0 Å². The number of aryl methyl sites for hydroxylation is 1. The van der Waals surface area contributed by atoms with Crippen LogP contribution < -0.4 is 4.43 Å². The van der Waals surface area contributed by atoms with Crippen LogP contribution in [-0.4, -0.2) is 10.5 Å². The molecule has 0 radical (unpaired) electrons. The van der Waals surface area contributed by atoms with Gasteiger partial charge in [0.15, 0.2) is 0 Å². The molecule has 0 atom stereocenters. The van der Waals surface area contributed by atoms with Crippen LogP contribution in [0.15, 0.2) is 18.2 Å². The lowest BCUT2D eigenvalue weighted by Gasteiger charge is -2.14. The van der Waals surface area contributed by atoms with Crippen LogP contribution in [0.5, 0.6) is 5.75 Å². The van der Waals surface area contributed by atoms with E-state index in [0.29, 0.717) is 5.92 Å². The summed E-state index contributed by atoms with van der Waals surface area (Å²) in [6.07, 6.45) is 0. The van der Waals surface area contributed by atoms with Crippen molar-refractivity contribution in [1.82, 2.24) is 0 Å². The van der Waals surface area contributed by atoms with E-state index in [2.05, 4.69) is 39.0 Å². The summed E-state index contributed by atoms with van der Waals surface area (Å²) in [5, 5.41) is 0. The third-order valence-electron chi connectivity index (χ3n) is 2.08. The predicted molar refractivity (Wildman–Crippen MR) is 55.8 cm³/mol. The highest BCUT2D eigenvalue weighted by Crippen LogP contribution is 2.28. The molecule has 1 aromatic carbocycles. The molecule has 0 fully saturated rings. The molecule has 0 aromatic heterocycles. The van der Waals surface area contributed by atoms with E-state index in [1.807, 2.05) is 0 Å². The summed E-state index contributed by atoms with van der Waals surface area (Å²) in [4.78, 5) is 0. The molecule has 1 rings (SSSR count). The first-order chi connectivity index (χ1) is 5.66. The first-order valence-electron chi connectivity index (χ1n) is 4.30. The minimum atomic E-state index is 0.551. The second-order valence-corrected chi connectivity index (χ2v) is 3.75. The van der Waals surface area contributed by atoms with Crippen LogP contribution in [-0.2, 0) is 0 Å². The molecule has 0 amide bonds. The number of hydrogen-bond acceptors (Lipinski definition) is 1. The Bertz CT molecular complexity index is 269. The van der Waals surface area contributed by atoms with Gasteiger partial charge in [0.1, 0.15) is 5.75 Å². The Balaban J connectivity index is 3.20. The van der Waals surface area contributed by atoms with E-state index in [4.69, 9.17) is 4.43 Å². The van der Waals surface area contributed by atoms with E-state index in [9.17, 15) is 0 Å². The summed E-state index contributed by atoms with van der Waals surface area (Å²) in [5.41, 5.74) is 2.69. The molecule has 0 N–H and O–H groups in total. The second-order valence-electron chi connectivity index (χ2n) is 3.35. The average Bonchev–Trinajstić information content (AvgIpc) is 2.03. The fraction of sp³-hybridized carbons (Fsp3) is 0.400. The normalized spacial score (nSPS) is 10.7. The molecule has 1 nitrogen and oxygen atoms in total. The Morgan fingerprint density at radius 3 is 2.42 bits per heavy atom. The molecule has 12 heavy (non-hydrogen) atoms. The van der Waals surface area contributed by atoms with Crippen molar-refractivity contribution in [3.63, 3.8) is 0 Å². The molecule has 0 unspecified atom stereocenters. The van der Waals surface area contributed by atoms with Gasteiger partial charge in [0.25, 0.3) is 0 Å². The van der Waals surface area contributed by atoms with Crippen LogP contribution in [0.25, 0.3) is 0 Å². The quantitative estimate of drug-likeness (QED) is 0.630. The standard InChI is InChI=1S/C10H16OSi/c1-7(2)10-8(3)5-4-6-9(10)11-12/h4-7H,1-3,12H3. The predicted octanol–water partition coefficient (Wildman–Crippen LogP) is 1.78. The Morgan fingerprint density at radius 2 is 2.00 bits per heavy atom. The molecule has 0 bridgehead atoms. The minimum absolute atomic E-state index is 0.551. The van der Waals surface area contributed by atoms with Crippen LogP contribution in [0.3, 0.4) is 0 Å². The van der Waals surface area contributed by atoms with Crippen molar-refractivity contribution in [3.8, 4) is 5.75 Å². The SMILES string of the molecule is Cc1cccc(O[SiH3])c1C(C)C. The first kappa shape index (κ1) is 9.33. The van der Waals surface area contributed by atoms with Gasteiger partial charge < -0.3 is 4.43 Å². The van der Waals surface area contributed by atoms with Crippen molar-refractivity contribution >= 4 is 10.5 Å². The van der Waals surface area contributed by atoms with E-state index in [0.717, 1.165) is 16.2 Å². The summed E-state index contributed by atoms with van der Waals surface area (Å²) >= 11 is 0. The molecule has 66 valence electrons. The molecule has 0 aliphatic carbocycles.